The van der Waals surface area contributed by atoms with Crippen LogP contribution in [0, 0.1) is 5.92 Å². The number of amides is 1. The first-order valence-electron chi connectivity index (χ1n) is 8.56. The van der Waals surface area contributed by atoms with Gasteiger partial charge >= 0.3 is 0 Å². The molecule has 0 radical (unpaired) electrons. The zero-order valence-electron chi connectivity index (χ0n) is 15.0. The molecule has 25 heavy (non-hydrogen) atoms. The van der Waals surface area contributed by atoms with Crippen molar-refractivity contribution in [3.8, 4) is 0 Å². The average molecular weight is 476 g/mol. The Morgan fingerprint density at radius 1 is 1.40 bits per heavy atom. The van der Waals surface area contributed by atoms with Gasteiger partial charge in [-0.05, 0) is 49.6 Å². The van der Waals surface area contributed by atoms with Crippen molar-refractivity contribution in [3.05, 3.63) is 29.8 Å². The van der Waals surface area contributed by atoms with Gasteiger partial charge in [0, 0.05) is 31.0 Å². The van der Waals surface area contributed by atoms with Crippen molar-refractivity contribution in [2.24, 2.45) is 16.6 Å². The van der Waals surface area contributed by atoms with Gasteiger partial charge in [0.25, 0.3) is 0 Å². The molecule has 1 fully saturated rings. The molecule has 0 spiro atoms. The quantitative estimate of drug-likeness (QED) is 0.287. The number of halogens is 1. The largest absolute Gasteiger partial charge is 0.370 e. The third kappa shape index (κ3) is 7.43. The molecule has 1 unspecified atom stereocenters. The number of primary amides is 1. The second kappa shape index (κ2) is 11.6. The molecule has 1 aromatic carbocycles. The van der Waals surface area contributed by atoms with Gasteiger partial charge in [0.05, 0.1) is 6.54 Å². The van der Waals surface area contributed by atoms with Gasteiger partial charge in [-0.25, -0.2) is 4.99 Å². The standard InChI is InChI=1S/C18H28N4OS.HI/c1-3-20-18(21-12-14-6-8-16(24-2)9-7-14)22-10-4-5-15(13-22)11-17(19)23;/h6-9,15H,3-5,10-13H2,1-2H3,(H2,19,23)(H,20,21);1H. The fraction of sp³-hybridized carbons (Fsp3) is 0.556. The maximum atomic E-state index is 11.2. The number of rotatable bonds is 6. The molecule has 1 aliphatic heterocycles. The van der Waals surface area contributed by atoms with E-state index in [4.69, 9.17) is 10.7 Å². The molecule has 0 aromatic heterocycles. The van der Waals surface area contributed by atoms with Gasteiger partial charge in [-0.15, -0.1) is 35.7 Å². The highest BCUT2D eigenvalue weighted by atomic mass is 127. The number of carbonyl (C=O) groups excluding carboxylic acids is 1. The lowest BCUT2D eigenvalue weighted by molar-refractivity contribution is -0.119. The molecule has 1 heterocycles. The summed E-state index contributed by atoms with van der Waals surface area (Å²) in [6, 6.07) is 8.52. The number of thioether (sulfide) groups is 1. The van der Waals surface area contributed by atoms with Gasteiger partial charge in [-0.2, -0.15) is 0 Å². The highest BCUT2D eigenvalue weighted by molar-refractivity contribution is 14.0. The molecule has 7 heteroatoms. The van der Waals surface area contributed by atoms with E-state index in [1.165, 1.54) is 10.5 Å². The van der Waals surface area contributed by atoms with E-state index in [-0.39, 0.29) is 29.9 Å². The minimum absolute atomic E-state index is 0. The molecule has 3 N–H and O–H groups in total. The van der Waals surface area contributed by atoms with Crippen molar-refractivity contribution >= 4 is 47.6 Å². The summed E-state index contributed by atoms with van der Waals surface area (Å²) in [6.45, 7) is 5.40. The molecular formula is C18H29IN4OS. The van der Waals surface area contributed by atoms with E-state index in [9.17, 15) is 4.79 Å². The Balaban J connectivity index is 0.00000312. The zero-order chi connectivity index (χ0) is 17.4. The minimum Gasteiger partial charge on any atom is -0.370 e. The molecule has 1 aliphatic rings. The normalized spacial score (nSPS) is 17.8. The van der Waals surface area contributed by atoms with Crippen LogP contribution in [-0.4, -0.2) is 42.7 Å². The molecule has 0 bridgehead atoms. The molecule has 140 valence electrons. The van der Waals surface area contributed by atoms with Crippen molar-refractivity contribution in [1.29, 1.82) is 0 Å². The number of guanidine groups is 1. The number of piperidine rings is 1. The number of nitrogens with two attached hydrogens (primary N) is 1. The van der Waals surface area contributed by atoms with Crippen LogP contribution in [0.4, 0.5) is 0 Å². The number of carbonyl (C=O) groups is 1. The Morgan fingerprint density at radius 3 is 2.72 bits per heavy atom. The highest BCUT2D eigenvalue weighted by Gasteiger charge is 2.23. The van der Waals surface area contributed by atoms with Crippen LogP contribution in [0.1, 0.15) is 31.7 Å². The SMILES string of the molecule is CCNC(=NCc1ccc(SC)cc1)N1CCCC(CC(N)=O)C1.I. The van der Waals surface area contributed by atoms with E-state index < -0.39 is 0 Å². The highest BCUT2D eigenvalue weighted by Crippen LogP contribution is 2.20. The first-order chi connectivity index (χ1) is 11.6. The number of hydrogen-bond donors (Lipinski definition) is 2. The van der Waals surface area contributed by atoms with Crippen LogP contribution in [-0.2, 0) is 11.3 Å². The first kappa shape index (κ1) is 22.1. The van der Waals surface area contributed by atoms with E-state index in [0.29, 0.717) is 18.9 Å². The average Bonchev–Trinajstić information content (AvgIpc) is 2.58. The predicted molar refractivity (Wildman–Crippen MR) is 117 cm³/mol. The maximum Gasteiger partial charge on any atom is 0.217 e. The summed E-state index contributed by atoms with van der Waals surface area (Å²) in [6.07, 6.45) is 4.68. The minimum atomic E-state index is -0.210. The zero-order valence-corrected chi connectivity index (χ0v) is 18.2. The molecule has 1 amide bonds. The van der Waals surface area contributed by atoms with Gasteiger partial charge in [0.2, 0.25) is 5.91 Å². The molecular weight excluding hydrogens is 447 g/mol. The van der Waals surface area contributed by atoms with Crippen molar-refractivity contribution in [2.75, 3.05) is 25.9 Å². The van der Waals surface area contributed by atoms with Crippen molar-refractivity contribution < 1.29 is 4.79 Å². The van der Waals surface area contributed by atoms with Crippen LogP contribution in [0.15, 0.2) is 34.2 Å². The van der Waals surface area contributed by atoms with E-state index in [1.54, 1.807) is 11.8 Å². The number of aliphatic imine (C=N–C) groups is 1. The lowest BCUT2D eigenvalue weighted by Crippen LogP contribution is -2.47. The summed E-state index contributed by atoms with van der Waals surface area (Å²) in [5.41, 5.74) is 6.56. The smallest absolute Gasteiger partial charge is 0.217 e. The maximum absolute atomic E-state index is 11.2. The molecule has 0 saturated carbocycles. The molecule has 1 atom stereocenters. The van der Waals surface area contributed by atoms with Crippen molar-refractivity contribution in [2.45, 2.75) is 37.6 Å². The van der Waals surface area contributed by atoms with E-state index in [2.05, 4.69) is 47.7 Å². The summed E-state index contributed by atoms with van der Waals surface area (Å²) in [7, 11) is 0. The second-order valence-corrected chi connectivity index (χ2v) is 7.02. The predicted octanol–water partition coefficient (Wildman–Crippen LogP) is 3.08. The summed E-state index contributed by atoms with van der Waals surface area (Å²) < 4.78 is 0. The third-order valence-corrected chi connectivity index (χ3v) is 4.96. The van der Waals surface area contributed by atoms with Crippen molar-refractivity contribution in [3.63, 3.8) is 0 Å². The van der Waals surface area contributed by atoms with Crippen LogP contribution >= 0.6 is 35.7 Å². The topological polar surface area (TPSA) is 70.7 Å². The van der Waals surface area contributed by atoms with Crippen LogP contribution in [0.3, 0.4) is 0 Å². The summed E-state index contributed by atoms with van der Waals surface area (Å²) in [5, 5.41) is 3.37. The number of nitrogens with one attached hydrogen (secondary N) is 1. The van der Waals surface area contributed by atoms with Crippen molar-refractivity contribution in [1.82, 2.24) is 10.2 Å². The molecule has 1 aromatic rings. The van der Waals surface area contributed by atoms with Crippen LogP contribution < -0.4 is 11.1 Å². The lowest BCUT2D eigenvalue weighted by Gasteiger charge is -2.34. The molecule has 5 nitrogen and oxygen atoms in total. The van der Waals surface area contributed by atoms with Crippen LogP contribution in [0.5, 0.6) is 0 Å². The van der Waals surface area contributed by atoms with Gasteiger partial charge in [-0.3, -0.25) is 4.79 Å². The van der Waals surface area contributed by atoms with Gasteiger partial charge in [0.1, 0.15) is 0 Å². The Hall–Kier alpha value is -0.960. The Bertz CT molecular complexity index is 565. The Kier molecular flexibility index (Phi) is 10.3. The molecule has 1 saturated heterocycles. The number of nitrogens with zero attached hydrogens (tertiary/aromatic N) is 2. The van der Waals surface area contributed by atoms with Crippen LogP contribution in [0.2, 0.25) is 0 Å². The fourth-order valence-electron chi connectivity index (χ4n) is 3.03. The summed E-state index contributed by atoms with van der Waals surface area (Å²) in [4.78, 5) is 19.5. The lowest BCUT2D eigenvalue weighted by atomic mass is 9.95. The van der Waals surface area contributed by atoms with Crippen LogP contribution in [0.25, 0.3) is 0 Å². The number of benzene rings is 1. The first-order valence-corrected chi connectivity index (χ1v) is 9.79. The number of likely N-dealkylation sites (tertiary alicyclic amines) is 1. The van der Waals surface area contributed by atoms with E-state index in [0.717, 1.165) is 38.4 Å². The monoisotopic (exact) mass is 476 g/mol. The fourth-order valence-corrected chi connectivity index (χ4v) is 3.44. The van der Waals surface area contributed by atoms with Gasteiger partial charge in [-0.1, -0.05) is 12.1 Å². The third-order valence-electron chi connectivity index (χ3n) is 4.21. The summed E-state index contributed by atoms with van der Waals surface area (Å²) >= 11 is 1.74. The summed E-state index contributed by atoms with van der Waals surface area (Å²) in [5.74, 6) is 1.05. The van der Waals surface area contributed by atoms with E-state index >= 15 is 0 Å². The van der Waals surface area contributed by atoms with Gasteiger partial charge in [0.15, 0.2) is 5.96 Å². The number of hydrogen-bond acceptors (Lipinski definition) is 3. The molecule has 2 rings (SSSR count). The second-order valence-electron chi connectivity index (χ2n) is 6.14. The Morgan fingerprint density at radius 2 is 2.12 bits per heavy atom. The molecule has 0 aliphatic carbocycles. The van der Waals surface area contributed by atoms with Gasteiger partial charge < -0.3 is 16.0 Å². The Labute approximate surface area is 172 Å². The van der Waals surface area contributed by atoms with E-state index in [1.807, 2.05) is 0 Å².